The van der Waals surface area contributed by atoms with Crippen molar-refractivity contribution in [2.45, 2.75) is 38.5 Å². The highest BCUT2D eigenvalue weighted by Crippen LogP contribution is 2.10. The maximum absolute atomic E-state index is 10.5. The number of pyridine rings is 1. The van der Waals surface area contributed by atoms with Gasteiger partial charge < -0.3 is 4.74 Å². The lowest BCUT2D eigenvalue weighted by atomic mass is 10.2. The van der Waals surface area contributed by atoms with E-state index in [1.54, 1.807) is 6.07 Å². The number of alkyl halides is 1. The fourth-order valence-electron chi connectivity index (χ4n) is 1.78. The molecular weight excluding hydrogens is 324 g/mol. The smallest absolute Gasteiger partial charge is 0.287 e. The number of rotatable bonds is 11. The first-order chi connectivity index (χ1) is 9.74. The molecule has 112 valence electrons. The Bertz CT molecular complexity index is 385. The molecule has 0 N–H and O–H groups in total. The summed E-state index contributed by atoms with van der Waals surface area (Å²) in [6.07, 6.45) is 7.80. The Kier molecular flexibility index (Phi) is 9.15. The Hall–Kier alpha value is -1.01. The van der Waals surface area contributed by atoms with Crippen LogP contribution in [0, 0.1) is 10.1 Å². The van der Waals surface area contributed by atoms with Gasteiger partial charge in [0, 0.05) is 30.3 Å². The molecular formula is C14H21BrN2O3. The molecule has 0 amide bonds. The maximum Gasteiger partial charge on any atom is 0.287 e. The summed E-state index contributed by atoms with van der Waals surface area (Å²) in [5, 5.41) is 11.6. The van der Waals surface area contributed by atoms with E-state index in [2.05, 4.69) is 20.9 Å². The van der Waals surface area contributed by atoms with E-state index >= 15 is 0 Å². The van der Waals surface area contributed by atoms with Gasteiger partial charge >= 0.3 is 0 Å². The van der Waals surface area contributed by atoms with E-state index in [1.165, 1.54) is 31.5 Å². The third-order valence-corrected chi connectivity index (χ3v) is 3.47. The minimum absolute atomic E-state index is 0.0356. The lowest BCUT2D eigenvalue weighted by Gasteiger charge is -2.04. The van der Waals surface area contributed by atoms with Crippen molar-refractivity contribution >= 4 is 21.6 Å². The summed E-state index contributed by atoms with van der Waals surface area (Å²) in [5.74, 6) is 0. The molecule has 0 aromatic carbocycles. The van der Waals surface area contributed by atoms with Crippen LogP contribution in [-0.4, -0.2) is 28.5 Å². The molecule has 1 aromatic rings. The number of aryl methyl sites for hydroxylation is 1. The molecule has 5 nitrogen and oxygen atoms in total. The average molecular weight is 345 g/mol. The van der Waals surface area contributed by atoms with Gasteiger partial charge in [-0.15, -0.1) is 0 Å². The topological polar surface area (TPSA) is 65.3 Å². The van der Waals surface area contributed by atoms with Crippen LogP contribution in [0.2, 0.25) is 0 Å². The highest BCUT2D eigenvalue weighted by atomic mass is 79.9. The van der Waals surface area contributed by atoms with Gasteiger partial charge in [-0.3, -0.25) is 15.1 Å². The molecule has 0 fully saturated rings. The van der Waals surface area contributed by atoms with Crippen molar-refractivity contribution in [2.75, 3.05) is 18.5 Å². The number of nitrogens with zero attached hydrogens (tertiary/aromatic N) is 2. The van der Waals surface area contributed by atoms with Crippen LogP contribution in [0.25, 0.3) is 0 Å². The van der Waals surface area contributed by atoms with Crippen molar-refractivity contribution < 1.29 is 9.66 Å². The van der Waals surface area contributed by atoms with Crippen molar-refractivity contribution in [3.63, 3.8) is 0 Å². The zero-order chi connectivity index (χ0) is 14.6. The van der Waals surface area contributed by atoms with E-state index in [-0.39, 0.29) is 5.69 Å². The maximum atomic E-state index is 10.5. The molecule has 1 aromatic heterocycles. The molecule has 0 saturated heterocycles. The second kappa shape index (κ2) is 10.7. The number of ether oxygens (including phenoxy) is 1. The third-order valence-electron chi connectivity index (χ3n) is 2.91. The Morgan fingerprint density at radius 3 is 2.55 bits per heavy atom. The Balaban J connectivity index is 2.02. The van der Waals surface area contributed by atoms with Gasteiger partial charge in [0.25, 0.3) is 5.69 Å². The molecule has 0 spiro atoms. The summed E-state index contributed by atoms with van der Waals surface area (Å²) in [5.41, 5.74) is 0.907. The van der Waals surface area contributed by atoms with Crippen molar-refractivity contribution in [2.24, 2.45) is 0 Å². The standard InChI is InChI=1S/C14H21BrN2O3/c15-9-3-1-2-4-10-20-11-5-6-13-7-8-14(12-16-13)17(18)19/h7-8,12H,1-6,9-11H2. The van der Waals surface area contributed by atoms with Gasteiger partial charge in [-0.25, -0.2) is 0 Å². The second-order valence-electron chi connectivity index (χ2n) is 4.58. The molecule has 1 rings (SSSR count). The molecule has 0 bridgehead atoms. The van der Waals surface area contributed by atoms with E-state index in [0.29, 0.717) is 0 Å². The molecule has 0 saturated carbocycles. The fraction of sp³-hybridized carbons (Fsp3) is 0.643. The SMILES string of the molecule is O=[N+]([O-])c1ccc(CCCOCCCCCCBr)nc1. The van der Waals surface area contributed by atoms with E-state index < -0.39 is 4.92 Å². The van der Waals surface area contributed by atoms with Crippen molar-refractivity contribution in [1.82, 2.24) is 4.98 Å². The minimum Gasteiger partial charge on any atom is -0.381 e. The van der Waals surface area contributed by atoms with Crippen LogP contribution >= 0.6 is 15.9 Å². The monoisotopic (exact) mass is 344 g/mol. The molecule has 0 aliphatic heterocycles. The summed E-state index contributed by atoms with van der Waals surface area (Å²) < 4.78 is 5.55. The van der Waals surface area contributed by atoms with Crippen LogP contribution in [-0.2, 0) is 11.2 Å². The van der Waals surface area contributed by atoms with Gasteiger partial charge in [0.05, 0.1) is 4.92 Å². The number of halogens is 1. The lowest BCUT2D eigenvalue weighted by molar-refractivity contribution is -0.385. The van der Waals surface area contributed by atoms with E-state index in [1.807, 2.05) is 0 Å². The highest BCUT2D eigenvalue weighted by Gasteiger charge is 2.04. The van der Waals surface area contributed by atoms with Crippen LogP contribution in [0.15, 0.2) is 18.3 Å². The van der Waals surface area contributed by atoms with Crippen molar-refractivity contribution in [3.05, 3.63) is 34.1 Å². The Morgan fingerprint density at radius 2 is 1.90 bits per heavy atom. The van der Waals surface area contributed by atoms with Crippen LogP contribution in [0.5, 0.6) is 0 Å². The van der Waals surface area contributed by atoms with Crippen LogP contribution < -0.4 is 0 Å². The Labute approximate surface area is 128 Å². The normalized spacial score (nSPS) is 10.7. The van der Waals surface area contributed by atoms with Crippen molar-refractivity contribution in [1.29, 1.82) is 0 Å². The highest BCUT2D eigenvalue weighted by molar-refractivity contribution is 9.09. The summed E-state index contributed by atoms with van der Waals surface area (Å²) >= 11 is 3.41. The van der Waals surface area contributed by atoms with Crippen LogP contribution in [0.3, 0.4) is 0 Å². The van der Waals surface area contributed by atoms with Gasteiger partial charge in [0.1, 0.15) is 6.20 Å². The number of hydrogen-bond donors (Lipinski definition) is 0. The lowest BCUT2D eigenvalue weighted by Crippen LogP contribution is -2.00. The summed E-state index contributed by atoms with van der Waals surface area (Å²) in [6, 6.07) is 3.20. The average Bonchev–Trinajstić information content (AvgIpc) is 2.46. The first-order valence-electron chi connectivity index (χ1n) is 6.97. The largest absolute Gasteiger partial charge is 0.381 e. The zero-order valence-electron chi connectivity index (χ0n) is 11.6. The second-order valence-corrected chi connectivity index (χ2v) is 5.38. The third kappa shape index (κ3) is 7.55. The summed E-state index contributed by atoms with van der Waals surface area (Å²) in [7, 11) is 0. The van der Waals surface area contributed by atoms with E-state index in [9.17, 15) is 10.1 Å². The first-order valence-corrected chi connectivity index (χ1v) is 8.09. The van der Waals surface area contributed by atoms with Gasteiger partial charge in [-0.2, -0.15) is 0 Å². The number of hydrogen-bond acceptors (Lipinski definition) is 4. The van der Waals surface area contributed by atoms with E-state index in [4.69, 9.17) is 4.74 Å². The molecule has 20 heavy (non-hydrogen) atoms. The summed E-state index contributed by atoms with van der Waals surface area (Å²) in [4.78, 5) is 14.1. The van der Waals surface area contributed by atoms with Crippen LogP contribution in [0.4, 0.5) is 5.69 Å². The minimum atomic E-state index is -0.435. The zero-order valence-corrected chi connectivity index (χ0v) is 13.2. The molecule has 0 aliphatic carbocycles. The van der Waals surface area contributed by atoms with Crippen LogP contribution in [0.1, 0.15) is 37.8 Å². The van der Waals surface area contributed by atoms with E-state index in [0.717, 1.165) is 43.5 Å². The number of unbranched alkanes of at least 4 members (excludes halogenated alkanes) is 3. The first kappa shape index (κ1) is 17.0. The molecule has 0 unspecified atom stereocenters. The molecule has 1 heterocycles. The molecule has 0 radical (unpaired) electrons. The van der Waals surface area contributed by atoms with Gasteiger partial charge in [0.2, 0.25) is 0 Å². The molecule has 6 heteroatoms. The molecule has 0 atom stereocenters. The predicted octanol–water partition coefficient (Wildman–Crippen LogP) is 3.89. The summed E-state index contributed by atoms with van der Waals surface area (Å²) in [6.45, 7) is 1.53. The Morgan fingerprint density at radius 1 is 1.15 bits per heavy atom. The number of aromatic nitrogens is 1. The molecule has 0 aliphatic rings. The predicted molar refractivity (Wildman–Crippen MR) is 82.3 cm³/mol. The quantitative estimate of drug-likeness (QED) is 0.264. The fourth-order valence-corrected chi connectivity index (χ4v) is 2.18. The van der Waals surface area contributed by atoms with Gasteiger partial charge in [-0.05, 0) is 31.7 Å². The van der Waals surface area contributed by atoms with Crippen molar-refractivity contribution in [3.8, 4) is 0 Å². The van der Waals surface area contributed by atoms with Gasteiger partial charge in [-0.1, -0.05) is 28.8 Å². The number of nitro groups is 1. The van der Waals surface area contributed by atoms with Gasteiger partial charge in [0.15, 0.2) is 0 Å².